The van der Waals surface area contributed by atoms with Gasteiger partial charge in [-0.3, -0.25) is 0 Å². The van der Waals surface area contributed by atoms with E-state index in [1.54, 1.807) is 13.2 Å². The van der Waals surface area contributed by atoms with Gasteiger partial charge in [-0.05, 0) is 26.0 Å². The van der Waals surface area contributed by atoms with Gasteiger partial charge in [0.15, 0.2) is 0 Å². The predicted molar refractivity (Wildman–Crippen MR) is 61.8 cm³/mol. The minimum absolute atomic E-state index is 0.617. The van der Waals surface area contributed by atoms with Gasteiger partial charge in [0.05, 0.1) is 12.6 Å². The van der Waals surface area contributed by atoms with Crippen LogP contribution in [0.3, 0.4) is 0 Å². The summed E-state index contributed by atoms with van der Waals surface area (Å²) in [5, 5.41) is 0. The quantitative estimate of drug-likeness (QED) is 0.625. The third-order valence-corrected chi connectivity index (χ3v) is 2.64. The average Bonchev–Trinajstić information content (AvgIpc) is 2.17. The van der Waals surface area contributed by atoms with Crippen LogP contribution >= 0.6 is 15.9 Å². The number of carbonyl (C=O) groups excluding carboxylic acids is 1. The van der Waals surface area contributed by atoms with Crippen LogP contribution in [-0.4, -0.2) is 13.2 Å². The van der Waals surface area contributed by atoms with Crippen molar-refractivity contribution < 1.29 is 9.53 Å². The zero-order valence-electron chi connectivity index (χ0n) is 8.87. The molecule has 0 amide bonds. The van der Waals surface area contributed by atoms with Gasteiger partial charge in [-0.2, -0.15) is 4.99 Å². The molecule has 0 heterocycles. The number of methoxy groups -OCH3 is 1. The molecule has 0 N–H and O–H groups in total. The number of hydrogen-bond acceptors (Lipinski definition) is 3. The van der Waals surface area contributed by atoms with E-state index in [0.717, 1.165) is 10.0 Å². The van der Waals surface area contributed by atoms with Crippen LogP contribution in [0.15, 0.2) is 27.7 Å². The summed E-state index contributed by atoms with van der Waals surface area (Å²) < 4.78 is 6.16. The molecule has 80 valence electrons. The maximum atomic E-state index is 10.3. The highest BCUT2D eigenvalue weighted by molar-refractivity contribution is 9.10. The molecule has 0 saturated carbocycles. The first-order chi connectivity index (χ1) is 7.01. The van der Waals surface area contributed by atoms with Crippen LogP contribution in [0, 0.1) is 0 Å². The Labute approximate surface area is 97.3 Å². The van der Waals surface area contributed by atoms with E-state index >= 15 is 0 Å². The van der Waals surface area contributed by atoms with Crippen LogP contribution in [0.5, 0.6) is 5.75 Å². The van der Waals surface area contributed by atoms with Crippen LogP contribution in [0.4, 0.5) is 0 Å². The molecule has 1 aromatic carbocycles. The molecule has 0 spiro atoms. The Morgan fingerprint density at radius 3 is 2.67 bits per heavy atom. The number of rotatable bonds is 3. The maximum absolute atomic E-state index is 10.3. The lowest BCUT2D eigenvalue weighted by Gasteiger charge is -2.20. The first-order valence-electron chi connectivity index (χ1n) is 4.44. The van der Waals surface area contributed by atoms with Crippen molar-refractivity contribution in [2.45, 2.75) is 19.4 Å². The zero-order chi connectivity index (χ0) is 11.5. The second kappa shape index (κ2) is 4.60. The summed E-state index contributed by atoms with van der Waals surface area (Å²) >= 11 is 3.35. The minimum Gasteiger partial charge on any atom is -0.496 e. The van der Waals surface area contributed by atoms with Gasteiger partial charge in [0.1, 0.15) is 5.75 Å². The lowest BCUT2D eigenvalue weighted by atomic mass is 9.94. The van der Waals surface area contributed by atoms with Gasteiger partial charge in [0.2, 0.25) is 6.08 Å². The Hall–Kier alpha value is -1.12. The molecule has 0 atom stereocenters. The SMILES string of the molecule is COc1cc(Br)ccc1C(C)(C)N=C=O. The largest absolute Gasteiger partial charge is 0.496 e. The molecule has 0 fully saturated rings. The number of ether oxygens (including phenoxy) is 1. The van der Waals surface area contributed by atoms with Crippen molar-refractivity contribution in [3.8, 4) is 5.75 Å². The molecule has 15 heavy (non-hydrogen) atoms. The standard InChI is InChI=1S/C11H12BrNO2/c1-11(2,13-7-14)9-5-4-8(12)6-10(9)15-3/h4-6H,1-3H3. The fourth-order valence-corrected chi connectivity index (χ4v) is 1.68. The first kappa shape index (κ1) is 12.0. The molecule has 0 aromatic heterocycles. The summed E-state index contributed by atoms with van der Waals surface area (Å²) in [6, 6.07) is 5.61. The Bertz CT molecular complexity index is 409. The van der Waals surface area contributed by atoms with Gasteiger partial charge in [-0.1, -0.05) is 22.0 Å². The van der Waals surface area contributed by atoms with Crippen molar-refractivity contribution in [3.05, 3.63) is 28.2 Å². The molecule has 0 bridgehead atoms. The number of benzene rings is 1. The molecule has 0 aliphatic carbocycles. The van der Waals surface area contributed by atoms with Crippen molar-refractivity contribution in [3.63, 3.8) is 0 Å². The topological polar surface area (TPSA) is 38.7 Å². The number of aliphatic imine (C=N–C) groups is 1. The summed E-state index contributed by atoms with van der Waals surface area (Å²) in [6.45, 7) is 3.67. The molecule has 1 rings (SSSR count). The number of halogens is 1. The number of nitrogens with zero attached hydrogens (tertiary/aromatic N) is 1. The number of isocyanates is 1. The van der Waals surface area contributed by atoms with E-state index in [2.05, 4.69) is 20.9 Å². The molecular weight excluding hydrogens is 258 g/mol. The molecule has 0 radical (unpaired) electrons. The van der Waals surface area contributed by atoms with Crippen molar-refractivity contribution in [2.75, 3.05) is 7.11 Å². The molecule has 0 saturated heterocycles. The third kappa shape index (κ3) is 2.67. The van der Waals surface area contributed by atoms with E-state index in [-0.39, 0.29) is 0 Å². The summed E-state index contributed by atoms with van der Waals surface area (Å²) in [4.78, 5) is 14.1. The van der Waals surface area contributed by atoms with Gasteiger partial charge in [0, 0.05) is 10.0 Å². The maximum Gasteiger partial charge on any atom is 0.235 e. The van der Waals surface area contributed by atoms with Crippen molar-refractivity contribution in [1.29, 1.82) is 0 Å². The molecule has 0 aliphatic heterocycles. The van der Waals surface area contributed by atoms with E-state index in [1.165, 1.54) is 0 Å². The number of hydrogen-bond donors (Lipinski definition) is 0. The molecular formula is C11H12BrNO2. The van der Waals surface area contributed by atoms with E-state index in [1.807, 2.05) is 32.0 Å². The molecule has 1 aromatic rings. The molecule has 0 aliphatic rings. The highest BCUT2D eigenvalue weighted by Crippen LogP contribution is 2.34. The smallest absolute Gasteiger partial charge is 0.235 e. The summed E-state index contributed by atoms with van der Waals surface area (Å²) in [7, 11) is 1.59. The predicted octanol–water partition coefficient (Wildman–Crippen LogP) is 3.03. The summed E-state index contributed by atoms with van der Waals surface area (Å²) in [6.07, 6.45) is 1.58. The normalized spacial score (nSPS) is 10.7. The van der Waals surface area contributed by atoms with Gasteiger partial charge >= 0.3 is 0 Å². The molecule has 0 unspecified atom stereocenters. The van der Waals surface area contributed by atoms with Gasteiger partial charge < -0.3 is 4.74 Å². The van der Waals surface area contributed by atoms with E-state index in [9.17, 15) is 4.79 Å². The van der Waals surface area contributed by atoms with Gasteiger partial charge in [-0.25, -0.2) is 4.79 Å². The fourth-order valence-electron chi connectivity index (χ4n) is 1.34. The highest BCUT2D eigenvalue weighted by Gasteiger charge is 2.23. The second-order valence-electron chi connectivity index (χ2n) is 3.61. The van der Waals surface area contributed by atoms with Crippen molar-refractivity contribution in [2.24, 2.45) is 4.99 Å². The van der Waals surface area contributed by atoms with E-state index in [0.29, 0.717) is 5.75 Å². The van der Waals surface area contributed by atoms with Crippen LogP contribution in [0.2, 0.25) is 0 Å². The van der Waals surface area contributed by atoms with Crippen LogP contribution in [0.1, 0.15) is 19.4 Å². The van der Waals surface area contributed by atoms with Crippen molar-refractivity contribution >= 4 is 22.0 Å². The molecule has 4 heteroatoms. The lowest BCUT2D eigenvalue weighted by Crippen LogP contribution is -2.14. The van der Waals surface area contributed by atoms with Gasteiger partial charge in [-0.15, -0.1) is 0 Å². The van der Waals surface area contributed by atoms with Crippen LogP contribution in [0.25, 0.3) is 0 Å². The third-order valence-electron chi connectivity index (χ3n) is 2.15. The minimum atomic E-state index is -0.617. The zero-order valence-corrected chi connectivity index (χ0v) is 10.5. The second-order valence-corrected chi connectivity index (χ2v) is 4.52. The highest BCUT2D eigenvalue weighted by atomic mass is 79.9. The average molecular weight is 270 g/mol. The van der Waals surface area contributed by atoms with Crippen molar-refractivity contribution in [1.82, 2.24) is 0 Å². The Morgan fingerprint density at radius 1 is 1.47 bits per heavy atom. The molecule has 3 nitrogen and oxygen atoms in total. The first-order valence-corrected chi connectivity index (χ1v) is 5.23. The fraction of sp³-hybridized carbons (Fsp3) is 0.364. The Kier molecular flexibility index (Phi) is 3.66. The summed E-state index contributed by atoms with van der Waals surface area (Å²) in [5.74, 6) is 0.702. The van der Waals surface area contributed by atoms with E-state index in [4.69, 9.17) is 4.74 Å². The van der Waals surface area contributed by atoms with Gasteiger partial charge in [0.25, 0.3) is 0 Å². The Balaban J connectivity index is 3.30. The monoisotopic (exact) mass is 269 g/mol. The Morgan fingerprint density at radius 2 is 2.13 bits per heavy atom. The van der Waals surface area contributed by atoms with E-state index < -0.39 is 5.54 Å². The van der Waals surface area contributed by atoms with Crippen LogP contribution in [-0.2, 0) is 10.3 Å². The van der Waals surface area contributed by atoms with Crippen LogP contribution < -0.4 is 4.74 Å². The summed E-state index contributed by atoms with van der Waals surface area (Å²) in [5.41, 5.74) is 0.241. The lowest BCUT2D eigenvalue weighted by molar-refractivity contribution is 0.394.